The van der Waals surface area contributed by atoms with Crippen molar-refractivity contribution in [1.82, 2.24) is 9.99 Å². The topological polar surface area (TPSA) is 104 Å². The van der Waals surface area contributed by atoms with Crippen molar-refractivity contribution in [2.75, 3.05) is 7.11 Å². The van der Waals surface area contributed by atoms with Gasteiger partial charge in [-0.25, -0.2) is 10.2 Å². The Balaban J connectivity index is 1.28. The number of halogens is 1. The van der Waals surface area contributed by atoms with E-state index >= 15 is 0 Å². The maximum absolute atomic E-state index is 12.4. The minimum Gasteiger partial charge on any atom is -0.486 e. The van der Waals surface area contributed by atoms with E-state index in [1.54, 1.807) is 37.3 Å². The Morgan fingerprint density at radius 1 is 1.05 bits per heavy atom. The van der Waals surface area contributed by atoms with Crippen LogP contribution in [-0.4, -0.2) is 35.9 Å². The number of methoxy groups -OCH3 is 1. The summed E-state index contributed by atoms with van der Waals surface area (Å²) in [6.45, 7) is 5.90. The number of aryl methyl sites for hydroxylation is 2. The van der Waals surface area contributed by atoms with E-state index in [-0.39, 0.29) is 12.4 Å². The number of esters is 1. The third-order valence-corrected chi connectivity index (χ3v) is 6.42. The van der Waals surface area contributed by atoms with Crippen LogP contribution in [0.2, 0.25) is 0 Å². The van der Waals surface area contributed by atoms with Crippen molar-refractivity contribution in [1.29, 1.82) is 0 Å². The summed E-state index contributed by atoms with van der Waals surface area (Å²) in [5.41, 5.74) is 6.52. The van der Waals surface area contributed by atoms with Gasteiger partial charge in [-0.05, 0) is 109 Å². The van der Waals surface area contributed by atoms with Gasteiger partial charge in [-0.15, -0.1) is 0 Å². The summed E-state index contributed by atoms with van der Waals surface area (Å²) in [5, 5.41) is 3.98. The van der Waals surface area contributed by atoms with E-state index in [9.17, 15) is 9.59 Å². The SMILES string of the molecule is COC(=O)[C@@H](C)Oc1ccc(/C=N/NC(=O)c2ccc(COc3ccc(-n4c(C)ccc4C)cc3)o2)cc1Br. The third kappa shape index (κ3) is 6.97. The van der Waals surface area contributed by atoms with Gasteiger partial charge in [-0.3, -0.25) is 4.79 Å². The van der Waals surface area contributed by atoms with Crippen LogP contribution in [0.1, 0.15) is 40.2 Å². The van der Waals surface area contributed by atoms with Crippen molar-refractivity contribution < 1.29 is 28.2 Å². The quantitative estimate of drug-likeness (QED) is 0.143. The molecule has 1 atom stereocenters. The summed E-state index contributed by atoms with van der Waals surface area (Å²) < 4.78 is 24.4. The highest BCUT2D eigenvalue weighted by atomic mass is 79.9. The van der Waals surface area contributed by atoms with Crippen molar-refractivity contribution in [3.63, 3.8) is 0 Å². The summed E-state index contributed by atoms with van der Waals surface area (Å²) in [5.74, 6) is 0.810. The van der Waals surface area contributed by atoms with Crippen molar-refractivity contribution in [2.45, 2.75) is 33.5 Å². The highest BCUT2D eigenvalue weighted by molar-refractivity contribution is 9.10. The summed E-state index contributed by atoms with van der Waals surface area (Å²) in [6, 6.07) is 20.4. The predicted molar refractivity (Wildman–Crippen MR) is 150 cm³/mol. The number of aromatic nitrogens is 1. The van der Waals surface area contributed by atoms with E-state index in [1.165, 1.54) is 13.3 Å². The van der Waals surface area contributed by atoms with E-state index < -0.39 is 18.0 Å². The molecule has 0 spiro atoms. The Morgan fingerprint density at radius 3 is 2.44 bits per heavy atom. The van der Waals surface area contributed by atoms with Crippen molar-refractivity contribution in [3.8, 4) is 17.2 Å². The largest absolute Gasteiger partial charge is 0.486 e. The number of carbonyl (C=O) groups is 2. The average molecular weight is 594 g/mol. The number of benzene rings is 2. The molecule has 0 bridgehead atoms. The van der Waals surface area contributed by atoms with Gasteiger partial charge >= 0.3 is 11.9 Å². The van der Waals surface area contributed by atoms with Gasteiger partial charge in [-0.2, -0.15) is 5.10 Å². The molecule has 0 aliphatic rings. The molecule has 0 saturated carbocycles. The molecule has 1 N–H and O–H groups in total. The van der Waals surface area contributed by atoms with Crippen LogP contribution >= 0.6 is 15.9 Å². The van der Waals surface area contributed by atoms with E-state index in [1.807, 2.05) is 24.3 Å². The lowest BCUT2D eigenvalue weighted by Gasteiger charge is -2.13. The lowest BCUT2D eigenvalue weighted by Crippen LogP contribution is -2.25. The first kappa shape index (κ1) is 27.7. The Hall–Kier alpha value is -4.31. The number of hydrogen-bond acceptors (Lipinski definition) is 7. The van der Waals surface area contributed by atoms with Crippen LogP contribution in [0.3, 0.4) is 0 Å². The number of nitrogens with one attached hydrogen (secondary N) is 1. The fourth-order valence-corrected chi connectivity index (χ4v) is 4.31. The van der Waals surface area contributed by atoms with E-state index in [4.69, 9.17) is 13.9 Å². The fraction of sp³-hybridized carbons (Fsp3) is 0.207. The maximum Gasteiger partial charge on any atom is 0.346 e. The average Bonchev–Trinajstić information content (AvgIpc) is 3.54. The minimum absolute atomic E-state index is 0.112. The molecule has 39 heavy (non-hydrogen) atoms. The molecule has 10 heteroatoms. The first-order valence-corrected chi connectivity index (χ1v) is 12.9. The molecule has 202 valence electrons. The lowest BCUT2D eigenvalue weighted by atomic mass is 10.2. The van der Waals surface area contributed by atoms with Crippen LogP contribution < -0.4 is 14.9 Å². The van der Waals surface area contributed by atoms with Crippen molar-refractivity contribution in [3.05, 3.63) is 99.7 Å². The molecule has 2 heterocycles. The van der Waals surface area contributed by atoms with Gasteiger partial charge in [0, 0.05) is 17.1 Å². The van der Waals surface area contributed by atoms with Crippen LogP contribution in [0.4, 0.5) is 0 Å². The molecule has 0 aliphatic carbocycles. The monoisotopic (exact) mass is 593 g/mol. The molecule has 4 rings (SSSR count). The van der Waals surface area contributed by atoms with Gasteiger partial charge in [0.2, 0.25) is 0 Å². The first-order chi connectivity index (χ1) is 18.7. The molecule has 9 nitrogen and oxygen atoms in total. The molecule has 0 radical (unpaired) electrons. The number of carbonyl (C=O) groups excluding carboxylic acids is 2. The zero-order chi connectivity index (χ0) is 27.9. The van der Waals surface area contributed by atoms with Crippen molar-refractivity contribution >= 4 is 34.0 Å². The summed E-state index contributed by atoms with van der Waals surface area (Å²) in [7, 11) is 1.30. The highest BCUT2D eigenvalue weighted by Crippen LogP contribution is 2.27. The normalized spacial score (nSPS) is 11.8. The summed E-state index contributed by atoms with van der Waals surface area (Å²) in [4.78, 5) is 24.0. The number of ether oxygens (including phenoxy) is 3. The smallest absolute Gasteiger partial charge is 0.346 e. The zero-order valence-corrected chi connectivity index (χ0v) is 23.5. The molecule has 0 unspecified atom stereocenters. The molecule has 0 fully saturated rings. The molecule has 2 aromatic heterocycles. The molecular formula is C29H28BrN3O6. The second-order valence-electron chi connectivity index (χ2n) is 8.67. The third-order valence-electron chi connectivity index (χ3n) is 5.81. The van der Waals surface area contributed by atoms with E-state index in [0.717, 1.165) is 17.1 Å². The lowest BCUT2D eigenvalue weighted by molar-refractivity contribution is -0.147. The molecule has 2 aromatic carbocycles. The molecule has 0 saturated heterocycles. The number of furan rings is 1. The van der Waals surface area contributed by atoms with Crippen molar-refractivity contribution in [2.24, 2.45) is 5.10 Å². The fourth-order valence-electron chi connectivity index (χ4n) is 3.82. The van der Waals surface area contributed by atoms with Gasteiger partial charge in [0.25, 0.3) is 0 Å². The highest BCUT2D eigenvalue weighted by Gasteiger charge is 2.16. The van der Waals surface area contributed by atoms with Gasteiger partial charge < -0.3 is 23.2 Å². The standard InChI is InChI=1S/C29H28BrN3O6/c1-18-5-6-19(2)33(18)22-8-10-23(11-9-22)37-17-24-12-14-27(39-24)28(34)32-31-16-21-7-13-26(25(30)15-21)38-20(3)29(35)36-4/h5-16,20H,17H2,1-4H3,(H,32,34)/b31-16+/t20-/m1/s1. The summed E-state index contributed by atoms with van der Waals surface area (Å²) >= 11 is 3.40. The first-order valence-electron chi connectivity index (χ1n) is 12.1. The predicted octanol–water partition coefficient (Wildman–Crippen LogP) is 5.73. The molecule has 4 aromatic rings. The van der Waals surface area contributed by atoms with Gasteiger partial charge in [0.1, 0.15) is 23.9 Å². The van der Waals surface area contributed by atoms with Gasteiger partial charge in [0.15, 0.2) is 11.9 Å². The van der Waals surface area contributed by atoms with Gasteiger partial charge in [0.05, 0.1) is 17.8 Å². The van der Waals surface area contributed by atoms with E-state index in [2.05, 4.69) is 61.7 Å². The number of nitrogens with zero attached hydrogens (tertiary/aromatic N) is 2. The van der Waals surface area contributed by atoms with Crippen LogP contribution in [0.5, 0.6) is 11.5 Å². The number of amides is 1. The Bertz CT molecular complexity index is 1470. The molecule has 0 aliphatic heterocycles. The molecular weight excluding hydrogens is 566 g/mol. The number of hydrazone groups is 1. The molecule has 1 amide bonds. The Labute approximate surface area is 234 Å². The Kier molecular flexibility index (Phi) is 8.88. The number of hydrogen-bond donors (Lipinski definition) is 1. The van der Waals surface area contributed by atoms with Crippen LogP contribution in [0.15, 0.2) is 80.7 Å². The van der Waals surface area contributed by atoms with Gasteiger partial charge in [-0.1, -0.05) is 0 Å². The maximum atomic E-state index is 12.4. The van der Waals surface area contributed by atoms with Crippen LogP contribution in [0, 0.1) is 13.8 Å². The van der Waals surface area contributed by atoms with E-state index in [0.29, 0.717) is 27.3 Å². The number of rotatable bonds is 10. The summed E-state index contributed by atoms with van der Waals surface area (Å²) in [6.07, 6.45) is 0.724. The Morgan fingerprint density at radius 2 is 1.77 bits per heavy atom. The van der Waals surface area contributed by atoms with Crippen LogP contribution in [0.25, 0.3) is 5.69 Å². The second kappa shape index (κ2) is 12.5. The zero-order valence-electron chi connectivity index (χ0n) is 21.9. The van der Waals surface area contributed by atoms with Crippen LogP contribution in [-0.2, 0) is 16.1 Å². The second-order valence-corrected chi connectivity index (χ2v) is 9.53. The minimum atomic E-state index is -0.752.